The Hall–Kier alpha value is -2.93. The molecule has 1 heterocycles. The van der Waals surface area contributed by atoms with Crippen molar-refractivity contribution in [2.24, 2.45) is 70.5 Å². The van der Waals surface area contributed by atoms with Gasteiger partial charge in [0.05, 0.1) is 43.6 Å². The SMILES string of the molecule is C.C.C.C.C.C.C.C.C.C.C.CC.CC1C(=O)N(CC(=O)OC(C)(C)C(C)(C)[Si](C)(C)C)C(=O)C1C.CC1C(C)C2CC1C1C3CC(C(=O)OC(C)(C)C(C)(C)[Si](C)(C)C)C(C3)C21.CCC(C)(C)C(=O)OC(C)(C)C(C)(C)[Si](C)(C)C.CCC(C)(C)c1ccccc1.COCC(=O)OC(C)(C)C(C)(C)[Si](C)(C)C. The molecule has 1 aromatic carbocycles. The molecule has 0 aromatic heterocycles. The summed E-state index contributed by atoms with van der Waals surface area (Å²) in [6.07, 6.45) is 5.85. The van der Waals surface area contributed by atoms with Gasteiger partial charge in [-0.3, -0.25) is 28.9 Å². The monoisotopic (exact) mass is 1600 g/mol. The van der Waals surface area contributed by atoms with Crippen molar-refractivity contribution in [3.8, 4) is 0 Å². The number of carbonyl (C=O) groups is 6. The van der Waals surface area contributed by atoms with E-state index < -0.39 is 66.1 Å². The van der Waals surface area contributed by atoms with Crippen LogP contribution in [0.3, 0.4) is 0 Å². The lowest BCUT2D eigenvalue weighted by molar-refractivity contribution is -0.171. The number of benzene rings is 1. The Labute approximate surface area is 682 Å². The number of imide groups is 1. The van der Waals surface area contributed by atoms with E-state index in [2.05, 4.69) is 227 Å². The summed E-state index contributed by atoms with van der Waals surface area (Å²) in [5, 5.41) is -0.0790. The molecule has 11 unspecified atom stereocenters. The van der Waals surface area contributed by atoms with Crippen molar-refractivity contribution in [3.05, 3.63) is 35.9 Å². The fourth-order valence-corrected chi connectivity index (χ4v) is 22.0. The highest BCUT2D eigenvalue weighted by molar-refractivity contribution is 6.80. The first kappa shape index (κ1) is 129. The van der Waals surface area contributed by atoms with Gasteiger partial charge in [-0.1, -0.05) is 315 Å². The van der Waals surface area contributed by atoms with Crippen LogP contribution in [0, 0.1) is 70.5 Å². The third-order valence-corrected chi connectivity index (χ3v) is 46.0. The third kappa shape index (κ3) is 28.5. The van der Waals surface area contributed by atoms with Gasteiger partial charge in [-0.05, 0) is 180 Å². The third-order valence-electron chi connectivity index (χ3n) is 28.6. The predicted octanol–water partition coefficient (Wildman–Crippen LogP) is 28.6. The Balaban J connectivity index is -0.000000120. The van der Waals surface area contributed by atoms with E-state index in [1.165, 1.54) is 31.9 Å². The maximum atomic E-state index is 13.4. The topological polar surface area (TPSA) is 152 Å². The molecule has 108 heavy (non-hydrogen) atoms. The summed E-state index contributed by atoms with van der Waals surface area (Å²) in [5.74, 6) is 4.83. The molecule has 4 aliphatic carbocycles. The Morgan fingerprint density at radius 2 is 0.741 bits per heavy atom. The van der Waals surface area contributed by atoms with Gasteiger partial charge in [0.1, 0.15) is 35.6 Å². The van der Waals surface area contributed by atoms with Gasteiger partial charge in [0.2, 0.25) is 11.8 Å². The Morgan fingerprint density at radius 1 is 0.426 bits per heavy atom. The number of esters is 4. The van der Waals surface area contributed by atoms with Crippen LogP contribution >= 0.6 is 0 Å². The van der Waals surface area contributed by atoms with Gasteiger partial charge in [0.25, 0.3) is 0 Å². The van der Waals surface area contributed by atoms with Gasteiger partial charge in [-0.15, -0.1) is 0 Å². The fourth-order valence-electron chi connectivity index (χ4n) is 14.6. The fraction of sp³-hybridized carbons (Fsp3) is 0.870. The van der Waals surface area contributed by atoms with Crippen LogP contribution in [0.5, 0.6) is 0 Å². The highest BCUT2D eigenvalue weighted by atomic mass is 28.3. The molecule has 6 rings (SSSR count). The molecule has 11 atom stereocenters. The Morgan fingerprint density at radius 3 is 1.06 bits per heavy atom. The zero-order chi connectivity index (χ0) is 77.0. The summed E-state index contributed by atoms with van der Waals surface area (Å²) >= 11 is 0. The van der Waals surface area contributed by atoms with Crippen LogP contribution in [0.1, 0.15) is 313 Å². The van der Waals surface area contributed by atoms with Crippen molar-refractivity contribution >= 4 is 68.0 Å². The number of likely N-dealkylation sites (tertiary alicyclic amines) is 1. The molecule has 652 valence electrons. The molecule has 5 aliphatic rings. The number of ether oxygens (including phenoxy) is 5. The Kier molecular flexibility index (Phi) is 54.7. The van der Waals surface area contributed by atoms with E-state index in [4.69, 9.17) is 23.7 Å². The summed E-state index contributed by atoms with van der Waals surface area (Å²) in [5.41, 5.74) is -0.589. The quantitative estimate of drug-likeness (QED) is 0.0380. The normalized spacial score (nSPS) is 22.2. The van der Waals surface area contributed by atoms with Crippen LogP contribution in [0.4, 0.5) is 0 Å². The molecule has 0 radical (unpaired) electrons. The first-order chi connectivity index (χ1) is 43.2. The van der Waals surface area contributed by atoms with Crippen LogP contribution in [-0.2, 0) is 57.9 Å². The second-order valence-electron chi connectivity index (χ2n) is 39.4. The Bertz CT molecular complexity index is 2750. The number of methoxy groups -OCH3 is 1. The van der Waals surface area contributed by atoms with Crippen molar-refractivity contribution in [2.75, 3.05) is 20.3 Å². The number of hydrogen-bond donors (Lipinski definition) is 0. The van der Waals surface area contributed by atoms with Crippen LogP contribution in [0.25, 0.3) is 0 Å². The summed E-state index contributed by atoms with van der Waals surface area (Å²) < 4.78 is 28.3. The van der Waals surface area contributed by atoms with Gasteiger partial charge in [0.15, 0.2) is 0 Å². The van der Waals surface area contributed by atoms with Gasteiger partial charge >= 0.3 is 23.9 Å². The maximum Gasteiger partial charge on any atom is 0.332 e. The zero-order valence-electron chi connectivity index (χ0n) is 70.6. The molecule has 0 spiro atoms. The average Bonchev–Trinajstić information content (AvgIpc) is 1.53. The number of hydrogen-bond acceptors (Lipinski definition) is 11. The van der Waals surface area contributed by atoms with Crippen LogP contribution < -0.4 is 0 Å². The van der Waals surface area contributed by atoms with E-state index in [0.717, 1.165) is 59.2 Å². The number of nitrogens with zero attached hydrogens (tertiary/aromatic N) is 1. The molecule has 1 aromatic rings. The zero-order valence-corrected chi connectivity index (χ0v) is 74.6. The summed E-state index contributed by atoms with van der Waals surface area (Å²) in [6, 6.07) is 10.7. The molecule has 12 nitrogen and oxygen atoms in total. The van der Waals surface area contributed by atoms with E-state index in [9.17, 15) is 28.8 Å². The lowest BCUT2D eigenvalue weighted by Crippen LogP contribution is -2.52. The van der Waals surface area contributed by atoms with Gasteiger partial charge < -0.3 is 23.7 Å². The van der Waals surface area contributed by atoms with Crippen molar-refractivity contribution < 1.29 is 52.5 Å². The van der Waals surface area contributed by atoms with Crippen molar-refractivity contribution in [2.45, 2.75) is 434 Å². The molecule has 1 aliphatic heterocycles. The smallest absolute Gasteiger partial charge is 0.332 e. The highest BCUT2D eigenvalue weighted by Gasteiger charge is 2.67. The first-order valence-electron chi connectivity index (χ1n) is 37.5. The second-order valence-corrected chi connectivity index (χ2v) is 62.4. The molecule has 2 amide bonds. The predicted molar refractivity (Wildman–Crippen MR) is 493 cm³/mol. The first-order valence-corrected chi connectivity index (χ1v) is 51.5. The van der Waals surface area contributed by atoms with Crippen LogP contribution in [0.2, 0.25) is 98.7 Å². The molecule has 16 heteroatoms. The number of carbonyl (C=O) groups excluding carboxylic acids is 6. The maximum absolute atomic E-state index is 13.4. The molecule has 0 N–H and O–H groups in total. The van der Waals surface area contributed by atoms with Gasteiger partial charge in [-0.25, -0.2) is 4.79 Å². The summed E-state index contributed by atoms with van der Waals surface area (Å²) in [6.45, 7) is 86.4. The molecule has 4 bridgehead atoms. The van der Waals surface area contributed by atoms with Crippen LogP contribution in [-0.4, -0.2) is 116 Å². The van der Waals surface area contributed by atoms with E-state index >= 15 is 0 Å². The molecular formula is C92H197NO11Si4. The summed E-state index contributed by atoms with van der Waals surface area (Å²) in [4.78, 5) is 74.7. The molecule has 4 saturated carbocycles. The minimum absolute atomic E-state index is 0. The van der Waals surface area contributed by atoms with Crippen molar-refractivity contribution in [3.63, 3.8) is 0 Å². The minimum Gasteiger partial charge on any atom is -0.459 e. The van der Waals surface area contributed by atoms with Crippen molar-refractivity contribution in [1.82, 2.24) is 4.90 Å². The lowest BCUT2D eigenvalue weighted by atomic mass is 9.62. The van der Waals surface area contributed by atoms with E-state index in [0.29, 0.717) is 11.3 Å². The van der Waals surface area contributed by atoms with E-state index in [-0.39, 0.29) is 162 Å². The van der Waals surface area contributed by atoms with Gasteiger partial charge in [0, 0.05) is 18.9 Å². The number of rotatable bonds is 21. The molecular weight excluding hydrogens is 1410 g/mol. The second kappa shape index (κ2) is 46.0. The highest BCUT2D eigenvalue weighted by Crippen LogP contribution is 2.71. The average molecular weight is 1610 g/mol. The number of amides is 2. The van der Waals surface area contributed by atoms with Gasteiger partial charge in [-0.2, -0.15) is 0 Å². The van der Waals surface area contributed by atoms with E-state index in [1.54, 1.807) is 13.8 Å². The largest absolute Gasteiger partial charge is 0.459 e. The number of fused-ring (bicyclic) bond motifs is 9. The molecule has 1 saturated heterocycles. The van der Waals surface area contributed by atoms with E-state index in [1.807, 2.05) is 62.3 Å². The standard InChI is InChI=1S/C24H42O2Si.C17H31NO4Si.C15H32O2Si.C12H26O3Si.C11H16.C2H6.11CH4/c1-13-14(2)17-12-16(13)20-15-10-18(21(17)20)19(11-15)22(25)26-23(3,4)24(5,6)27(7,8)9;1-11-12(2)15(21)18(14(11)20)10-13(19)22-16(3,4)17(5,6)23(7,8)9;1-11-13(2,3)12(16)17-14(4,5)15(6,7)18(8,9)10;1-11(2,15-10(13)9-14-5)12(3,4)16(6,7)8;1-4-11(2,3)10-8-6-5-7-9-10;1-2;;;;;;;;;;;/h13-21H,10-12H2,1-9H3;11-12H,10H2,1-9H3;11H2,1-10H3;9H2,1-8H3;5-9H,4H2,1-3H3;1-2H3;11*1H4. The minimum atomic E-state index is -1.61. The van der Waals surface area contributed by atoms with Crippen molar-refractivity contribution in [1.29, 1.82) is 0 Å². The summed E-state index contributed by atoms with van der Waals surface area (Å²) in [7, 11) is -4.44. The van der Waals surface area contributed by atoms with Crippen LogP contribution in [0.15, 0.2) is 30.3 Å². The molecule has 5 fully saturated rings. The lowest BCUT2D eigenvalue weighted by Gasteiger charge is -2.49.